The molecule has 1 N–H and O–H groups in total. The van der Waals surface area contributed by atoms with Gasteiger partial charge < -0.3 is 14.4 Å². The minimum Gasteiger partial charge on any atom is -0.481 e. The number of para-hydroxylation sites is 1. The molecule has 0 radical (unpaired) electrons. The van der Waals surface area contributed by atoms with Crippen LogP contribution in [0.3, 0.4) is 0 Å². The lowest BCUT2D eigenvalue weighted by Gasteiger charge is -2.23. The Kier molecular flexibility index (Phi) is 7.36. The number of aromatic nitrogens is 1. The Bertz CT molecular complexity index is 1420. The van der Waals surface area contributed by atoms with E-state index < -0.39 is 17.9 Å². The average Bonchev–Trinajstić information content (AvgIpc) is 3.22. The third kappa shape index (κ3) is 5.08. The van der Waals surface area contributed by atoms with Gasteiger partial charge in [-0.05, 0) is 43.2 Å². The van der Waals surface area contributed by atoms with Gasteiger partial charge in [0, 0.05) is 11.1 Å². The first kappa shape index (κ1) is 24.9. The first-order valence-corrected chi connectivity index (χ1v) is 11.5. The summed E-state index contributed by atoms with van der Waals surface area (Å²) in [7, 11) is 0. The molecule has 4 aromatic rings. The monoisotopic (exact) mass is 508 g/mol. The molecule has 0 fully saturated rings. The zero-order valence-electron chi connectivity index (χ0n) is 19.5. The van der Waals surface area contributed by atoms with Crippen LogP contribution in [0.5, 0.6) is 0 Å². The normalized spacial score (nSPS) is 10.8. The zero-order valence-corrected chi connectivity index (χ0v) is 20.3. The molecule has 0 aliphatic carbocycles. The third-order valence-corrected chi connectivity index (χ3v) is 5.78. The number of ether oxygens (including phenoxy) is 1. The molecule has 0 aliphatic rings. The molecule has 0 spiro atoms. The number of carbonyl (C=O) groups excluding carboxylic acids is 1. The Morgan fingerprint density at radius 2 is 1.78 bits per heavy atom. The maximum atomic E-state index is 15.3. The second-order valence-electron chi connectivity index (χ2n) is 7.88. The molecular formula is C27H22ClFN2O5. The van der Waals surface area contributed by atoms with E-state index in [2.05, 4.69) is 5.16 Å². The van der Waals surface area contributed by atoms with Crippen molar-refractivity contribution in [3.8, 4) is 22.4 Å². The molecule has 4 rings (SSSR count). The van der Waals surface area contributed by atoms with Crippen LogP contribution >= 0.6 is 11.6 Å². The molecule has 0 saturated carbocycles. The van der Waals surface area contributed by atoms with Gasteiger partial charge >= 0.3 is 12.1 Å². The molecule has 0 aliphatic heterocycles. The van der Waals surface area contributed by atoms with Crippen LogP contribution in [-0.4, -0.2) is 28.9 Å². The number of hydrogen-bond donors (Lipinski definition) is 1. The highest BCUT2D eigenvalue weighted by Gasteiger charge is 2.30. The molecule has 1 aromatic heterocycles. The zero-order chi connectivity index (χ0) is 25.8. The van der Waals surface area contributed by atoms with E-state index in [1.165, 1.54) is 11.0 Å². The number of hydrogen-bond acceptors (Lipinski definition) is 5. The van der Waals surface area contributed by atoms with Gasteiger partial charge in [-0.15, -0.1) is 0 Å². The summed E-state index contributed by atoms with van der Waals surface area (Å²) < 4.78 is 25.9. The van der Waals surface area contributed by atoms with Crippen molar-refractivity contribution < 1.29 is 28.3 Å². The van der Waals surface area contributed by atoms with Crippen molar-refractivity contribution in [1.29, 1.82) is 0 Å². The summed E-state index contributed by atoms with van der Waals surface area (Å²) >= 11 is 6.39. The molecule has 184 valence electrons. The van der Waals surface area contributed by atoms with Crippen LogP contribution in [0.4, 0.5) is 20.6 Å². The predicted molar refractivity (Wildman–Crippen MR) is 134 cm³/mol. The smallest absolute Gasteiger partial charge is 0.419 e. The van der Waals surface area contributed by atoms with Gasteiger partial charge in [-0.2, -0.15) is 0 Å². The van der Waals surface area contributed by atoms with E-state index >= 15 is 4.39 Å². The average molecular weight is 509 g/mol. The lowest BCUT2D eigenvalue weighted by molar-refractivity contribution is -0.136. The third-order valence-electron chi connectivity index (χ3n) is 5.46. The number of carboxylic acid groups (broad SMARTS) is 1. The second kappa shape index (κ2) is 10.6. The molecule has 7 nitrogen and oxygen atoms in total. The summed E-state index contributed by atoms with van der Waals surface area (Å²) in [5.74, 6) is -1.15. The van der Waals surface area contributed by atoms with Crippen LogP contribution in [0, 0.1) is 12.7 Å². The van der Waals surface area contributed by atoms with Crippen molar-refractivity contribution in [2.24, 2.45) is 0 Å². The largest absolute Gasteiger partial charge is 0.481 e. The standard InChI is InChI=1S/C27H22ClFN2O5/c1-3-35-27(34)31(23-7-5-4-6-21(23)28)26-16(2)36-30-25(26)19-12-13-20(22(29)15-19)18-10-8-17(9-11-18)14-24(32)33/h4-13,15H,3,14H2,1-2H3,(H,32,33). The van der Waals surface area contributed by atoms with Crippen LogP contribution < -0.4 is 4.90 Å². The van der Waals surface area contributed by atoms with Gasteiger partial charge in [0.25, 0.3) is 0 Å². The number of nitrogens with zero attached hydrogens (tertiary/aromatic N) is 2. The number of aliphatic carboxylic acids is 1. The Morgan fingerprint density at radius 3 is 2.42 bits per heavy atom. The van der Waals surface area contributed by atoms with Crippen LogP contribution in [0.1, 0.15) is 18.2 Å². The second-order valence-corrected chi connectivity index (χ2v) is 8.29. The lowest BCUT2D eigenvalue weighted by Crippen LogP contribution is -2.27. The number of amides is 1. The number of anilines is 2. The highest BCUT2D eigenvalue weighted by atomic mass is 35.5. The van der Waals surface area contributed by atoms with Crippen molar-refractivity contribution in [3.05, 3.63) is 88.9 Å². The summed E-state index contributed by atoms with van der Waals surface area (Å²) in [5.41, 5.74) is 2.81. The highest BCUT2D eigenvalue weighted by molar-refractivity contribution is 6.34. The quantitative estimate of drug-likeness (QED) is 0.288. The summed E-state index contributed by atoms with van der Waals surface area (Å²) in [4.78, 5) is 25.2. The molecular weight excluding hydrogens is 487 g/mol. The fourth-order valence-electron chi connectivity index (χ4n) is 3.82. The van der Waals surface area contributed by atoms with Crippen molar-refractivity contribution in [3.63, 3.8) is 0 Å². The fraction of sp³-hybridized carbons (Fsp3) is 0.148. The maximum Gasteiger partial charge on any atom is 0.419 e. The molecule has 1 amide bonds. The summed E-state index contributed by atoms with van der Waals surface area (Å²) in [5, 5.41) is 13.3. The Morgan fingerprint density at radius 1 is 1.08 bits per heavy atom. The first-order valence-electron chi connectivity index (χ1n) is 11.1. The van der Waals surface area contributed by atoms with Crippen LogP contribution in [0.25, 0.3) is 22.4 Å². The Balaban J connectivity index is 1.76. The van der Waals surface area contributed by atoms with Crippen LogP contribution in [0.2, 0.25) is 5.02 Å². The van der Waals surface area contributed by atoms with E-state index in [-0.39, 0.29) is 24.4 Å². The number of carboxylic acids is 1. The van der Waals surface area contributed by atoms with Gasteiger partial charge in [-0.3, -0.25) is 4.79 Å². The van der Waals surface area contributed by atoms with E-state index in [1.807, 2.05) is 0 Å². The molecule has 0 bridgehead atoms. The van der Waals surface area contributed by atoms with E-state index in [0.29, 0.717) is 38.7 Å². The van der Waals surface area contributed by atoms with E-state index in [4.69, 9.17) is 26.0 Å². The Labute approximate surface area is 211 Å². The number of benzene rings is 3. The number of aryl methyl sites for hydroxylation is 1. The SMILES string of the molecule is CCOC(=O)N(c1ccccc1Cl)c1c(-c2ccc(-c3ccc(CC(=O)O)cc3)c(F)c2)noc1C. The molecule has 0 saturated heterocycles. The van der Waals surface area contributed by atoms with Gasteiger partial charge in [-0.25, -0.2) is 14.1 Å². The lowest BCUT2D eigenvalue weighted by atomic mass is 9.99. The van der Waals surface area contributed by atoms with Gasteiger partial charge in [0.15, 0.2) is 5.76 Å². The van der Waals surface area contributed by atoms with E-state index in [9.17, 15) is 9.59 Å². The van der Waals surface area contributed by atoms with Crippen molar-refractivity contribution >= 4 is 35.0 Å². The molecule has 36 heavy (non-hydrogen) atoms. The molecule has 0 atom stereocenters. The predicted octanol–water partition coefficient (Wildman–Crippen LogP) is 7.03. The maximum absolute atomic E-state index is 15.3. The van der Waals surface area contributed by atoms with Crippen molar-refractivity contribution in [1.82, 2.24) is 5.16 Å². The topological polar surface area (TPSA) is 92.9 Å². The summed E-state index contributed by atoms with van der Waals surface area (Å²) in [6.45, 7) is 3.46. The van der Waals surface area contributed by atoms with Gasteiger partial charge in [-0.1, -0.05) is 65.3 Å². The molecule has 9 heteroatoms. The van der Waals surface area contributed by atoms with Crippen molar-refractivity contribution in [2.75, 3.05) is 11.5 Å². The fourth-order valence-corrected chi connectivity index (χ4v) is 4.04. The highest BCUT2D eigenvalue weighted by Crippen LogP contribution is 2.41. The van der Waals surface area contributed by atoms with Crippen molar-refractivity contribution in [2.45, 2.75) is 20.3 Å². The van der Waals surface area contributed by atoms with E-state index in [1.54, 1.807) is 74.5 Å². The molecule has 3 aromatic carbocycles. The van der Waals surface area contributed by atoms with E-state index in [0.717, 1.165) is 0 Å². The Hall–Kier alpha value is -4.17. The van der Waals surface area contributed by atoms with Crippen LogP contribution in [0.15, 0.2) is 71.3 Å². The van der Waals surface area contributed by atoms with Gasteiger partial charge in [0.2, 0.25) is 0 Å². The minimum absolute atomic E-state index is 0.113. The van der Waals surface area contributed by atoms with Gasteiger partial charge in [0.05, 0.1) is 23.7 Å². The minimum atomic E-state index is -0.939. The number of carbonyl (C=O) groups is 2. The number of rotatable bonds is 7. The molecule has 0 unspecified atom stereocenters. The van der Waals surface area contributed by atoms with Crippen LogP contribution in [-0.2, 0) is 16.0 Å². The first-order chi connectivity index (χ1) is 17.3. The molecule has 1 heterocycles. The summed E-state index contributed by atoms with van der Waals surface area (Å²) in [6.07, 6.45) is -0.796. The summed E-state index contributed by atoms with van der Waals surface area (Å²) in [6, 6.07) is 18.0. The number of halogens is 2. The van der Waals surface area contributed by atoms with Gasteiger partial charge in [0.1, 0.15) is 17.2 Å².